The highest BCUT2D eigenvalue weighted by molar-refractivity contribution is 5.82. The van der Waals surface area contributed by atoms with Crippen LogP contribution in [0.4, 0.5) is 8.78 Å². The summed E-state index contributed by atoms with van der Waals surface area (Å²) in [5.74, 6) is 0.570. The maximum atomic E-state index is 13.6. The van der Waals surface area contributed by atoms with Gasteiger partial charge in [0.25, 0.3) is 6.08 Å². The third-order valence-corrected chi connectivity index (χ3v) is 3.78. The van der Waals surface area contributed by atoms with Gasteiger partial charge in [-0.05, 0) is 54.3 Å². The van der Waals surface area contributed by atoms with Gasteiger partial charge in [0.05, 0.1) is 19.8 Å². The Bertz CT molecular complexity index is 763. The number of aryl methyl sites for hydroxylation is 1. The lowest BCUT2D eigenvalue weighted by molar-refractivity contribution is 0.373. The average Bonchev–Trinajstić information content (AvgIpc) is 2.50. The average molecular weight is 320 g/mol. The van der Waals surface area contributed by atoms with Gasteiger partial charge in [-0.1, -0.05) is 12.1 Å². The second-order valence-electron chi connectivity index (χ2n) is 5.14. The van der Waals surface area contributed by atoms with Crippen molar-refractivity contribution in [3.05, 3.63) is 58.7 Å². The van der Waals surface area contributed by atoms with E-state index in [4.69, 9.17) is 9.47 Å². The number of aromatic hydroxyl groups is 1. The van der Waals surface area contributed by atoms with Crippen molar-refractivity contribution in [2.75, 3.05) is 14.2 Å². The molecule has 122 valence electrons. The van der Waals surface area contributed by atoms with Crippen LogP contribution in [0.15, 0.2) is 36.4 Å². The Kier molecular flexibility index (Phi) is 4.89. The standard InChI is InChI=1S/C18H18F2O3/c1-10-7-13(9-16(23-4)11(10)2)17(18(19)20)12-5-6-15(22-3)14(21)8-12/h5-9,21H,1-4H3. The molecule has 1 N–H and O–H groups in total. The van der Waals surface area contributed by atoms with Crippen LogP contribution in [0.1, 0.15) is 22.3 Å². The minimum absolute atomic E-state index is 0.195. The Labute approximate surface area is 133 Å². The molecule has 0 heterocycles. The largest absolute Gasteiger partial charge is 0.504 e. The van der Waals surface area contributed by atoms with Gasteiger partial charge in [-0.2, -0.15) is 8.78 Å². The van der Waals surface area contributed by atoms with E-state index in [1.165, 1.54) is 32.4 Å². The molecular weight excluding hydrogens is 302 g/mol. The monoisotopic (exact) mass is 320 g/mol. The molecule has 2 rings (SSSR count). The maximum absolute atomic E-state index is 13.6. The molecule has 0 bridgehead atoms. The predicted octanol–water partition coefficient (Wildman–Crippen LogP) is 4.68. The Morgan fingerprint density at radius 3 is 2.09 bits per heavy atom. The number of benzene rings is 2. The van der Waals surface area contributed by atoms with Crippen LogP contribution >= 0.6 is 0 Å². The van der Waals surface area contributed by atoms with Gasteiger partial charge < -0.3 is 14.6 Å². The predicted molar refractivity (Wildman–Crippen MR) is 85.4 cm³/mol. The van der Waals surface area contributed by atoms with Crippen molar-refractivity contribution in [2.45, 2.75) is 13.8 Å². The molecule has 0 aliphatic heterocycles. The quantitative estimate of drug-likeness (QED) is 0.889. The van der Waals surface area contributed by atoms with Crippen molar-refractivity contribution in [3.63, 3.8) is 0 Å². The van der Waals surface area contributed by atoms with Crippen LogP contribution in [0, 0.1) is 13.8 Å². The molecule has 2 aromatic rings. The van der Waals surface area contributed by atoms with E-state index < -0.39 is 6.08 Å². The summed E-state index contributed by atoms with van der Waals surface area (Å²) in [5.41, 5.74) is 2.02. The molecule has 0 aliphatic carbocycles. The van der Waals surface area contributed by atoms with Crippen molar-refractivity contribution in [1.82, 2.24) is 0 Å². The van der Waals surface area contributed by atoms with E-state index in [2.05, 4.69) is 0 Å². The zero-order valence-corrected chi connectivity index (χ0v) is 13.4. The summed E-state index contributed by atoms with van der Waals surface area (Å²) in [6.45, 7) is 3.70. The normalized spacial score (nSPS) is 10.3. The highest BCUT2D eigenvalue weighted by Gasteiger charge is 2.17. The van der Waals surface area contributed by atoms with Crippen LogP contribution < -0.4 is 9.47 Å². The van der Waals surface area contributed by atoms with Gasteiger partial charge >= 0.3 is 0 Å². The van der Waals surface area contributed by atoms with Gasteiger partial charge in [0.15, 0.2) is 11.5 Å². The number of hydrogen-bond acceptors (Lipinski definition) is 3. The highest BCUT2D eigenvalue weighted by Crippen LogP contribution is 2.36. The van der Waals surface area contributed by atoms with E-state index in [1.807, 2.05) is 13.8 Å². The smallest absolute Gasteiger partial charge is 0.278 e. The molecule has 3 nitrogen and oxygen atoms in total. The van der Waals surface area contributed by atoms with Gasteiger partial charge in [0, 0.05) is 0 Å². The summed E-state index contributed by atoms with van der Waals surface area (Å²) >= 11 is 0. The summed E-state index contributed by atoms with van der Waals surface area (Å²) in [7, 11) is 2.90. The summed E-state index contributed by atoms with van der Waals surface area (Å²) in [5, 5.41) is 9.85. The van der Waals surface area contributed by atoms with E-state index >= 15 is 0 Å². The fraction of sp³-hybridized carbons (Fsp3) is 0.222. The summed E-state index contributed by atoms with van der Waals surface area (Å²) in [6.07, 6.45) is -1.83. The molecule has 0 saturated heterocycles. The summed E-state index contributed by atoms with van der Waals surface area (Å²) < 4.78 is 37.4. The van der Waals surface area contributed by atoms with E-state index in [0.29, 0.717) is 11.3 Å². The number of hydrogen-bond donors (Lipinski definition) is 1. The van der Waals surface area contributed by atoms with Crippen LogP contribution in [0.3, 0.4) is 0 Å². The third kappa shape index (κ3) is 3.28. The first-order valence-corrected chi connectivity index (χ1v) is 6.97. The molecule has 2 aromatic carbocycles. The van der Waals surface area contributed by atoms with E-state index in [1.54, 1.807) is 12.1 Å². The number of phenolic OH excluding ortho intramolecular Hbond substituents is 1. The number of ether oxygens (including phenoxy) is 2. The van der Waals surface area contributed by atoms with E-state index in [-0.39, 0.29) is 22.6 Å². The van der Waals surface area contributed by atoms with E-state index in [9.17, 15) is 13.9 Å². The molecule has 0 radical (unpaired) electrons. The number of phenols is 1. The van der Waals surface area contributed by atoms with E-state index in [0.717, 1.165) is 11.1 Å². The molecule has 0 atom stereocenters. The first-order chi connectivity index (χ1) is 10.9. The second kappa shape index (κ2) is 6.69. The van der Waals surface area contributed by atoms with Crippen LogP contribution in [-0.2, 0) is 0 Å². The minimum atomic E-state index is -1.83. The lowest BCUT2D eigenvalue weighted by Gasteiger charge is -2.14. The molecule has 0 aliphatic rings. The van der Waals surface area contributed by atoms with Crippen LogP contribution in [0.5, 0.6) is 17.2 Å². The number of halogens is 2. The molecule has 0 aromatic heterocycles. The lowest BCUT2D eigenvalue weighted by atomic mass is 9.95. The molecule has 5 heteroatoms. The van der Waals surface area contributed by atoms with Crippen molar-refractivity contribution >= 4 is 5.57 Å². The highest BCUT2D eigenvalue weighted by atomic mass is 19.3. The maximum Gasteiger partial charge on any atom is 0.278 e. The fourth-order valence-electron chi connectivity index (χ4n) is 2.41. The third-order valence-electron chi connectivity index (χ3n) is 3.78. The molecule has 23 heavy (non-hydrogen) atoms. The van der Waals surface area contributed by atoms with Crippen molar-refractivity contribution in [2.24, 2.45) is 0 Å². The number of methoxy groups -OCH3 is 2. The van der Waals surface area contributed by atoms with Crippen LogP contribution in [0.2, 0.25) is 0 Å². The summed E-state index contributed by atoms with van der Waals surface area (Å²) in [4.78, 5) is 0. The minimum Gasteiger partial charge on any atom is -0.504 e. The Hall–Kier alpha value is -2.56. The number of rotatable bonds is 4. The Balaban J connectivity index is 2.64. The molecule has 0 fully saturated rings. The first kappa shape index (κ1) is 16.8. The Morgan fingerprint density at radius 2 is 1.57 bits per heavy atom. The lowest BCUT2D eigenvalue weighted by Crippen LogP contribution is -1.96. The molecule has 0 amide bonds. The molecule has 0 saturated carbocycles. The van der Waals surface area contributed by atoms with Gasteiger partial charge in [-0.25, -0.2) is 0 Å². The molecule has 0 unspecified atom stereocenters. The zero-order chi connectivity index (χ0) is 17.1. The van der Waals surface area contributed by atoms with Gasteiger partial charge in [0.2, 0.25) is 0 Å². The topological polar surface area (TPSA) is 38.7 Å². The van der Waals surface area contributed by atoms with Gasteiger partial charge in [-0.3, -0.25) is 0 Å². The van der Waals surface area contributed by atoms with Gasteiger partial charge in [0.1, 0.15) is 5.75 Å². The fourth-order valence-corrected chi connectivity index (χ4v) is 2.41. The van der Waals surface area contributed by atoms with Crippen molar-refractivity contribution in [1.29, 1.82) is 0 Å². The molecular formula is C18H18F2O3. The van der Waals surface area contributed by atoms with Crippen LogP contribution in [0.25, 0.3) is 5.57 Å². The van der Waals surface area contributed by atoms with Crippen molar-refractivity contribution in [3.8, 4) is 17.2 Å². The SMILES string of the molecule is COc1ccc(C(=C(F)F)c2cc(C)c(C)c(OC)c2)cc1O. The zero-order valence-electron chi connectivity index (χ0n) is 13.4. The van der Waals surface area contributed by atoms with Crippen LogP contribution in [-0.4, -0.2) is 19.3 Å². The van der Waals surface area contributed by atoms with Crippen molar-refractivity contribution < 1.29 is 23.4 Å². The summed E-state index contributed by atoms with van der Waals surface area (Å²) in [6, 6.07) is 7.43. The molecule has 0 spiro atoms. The Morgan fingerprint density at radius 1 is 0.913 bits per heavy atom. The van der Waals surface area contributed by atoms with Gasteiger partial charge in [-0.15, -0.1) is 0 Å². The first-order valence-electron chi connectivity index (χ1n) is 6.97. The second-order valence-corrected chi connectivity index (χ2v) is 5.14.